The third-order valence-electron chi connectivity index (χ3n) is 3.19. The molecule has 0 atom stereocenters. The zero-order valence-electron chi connectivity index (χ0n) is 10.0. The Balaban J connectivity index is 2.39. The maximum absolute atomic E-state index is 6.04. The highest BCUT2D eigenvalue weighted by Crippen LogP contribution is 2.26. The fourth-order valence-electron chi connectivity index (χ4n) is 1.60. The van der Waals surface area contributed by atoms with Crippen molar-refractivity contribution in [2.45, 2.75) is 33.2 Å². The number of rotatable bonds is 7. The van der Waals surface area contributed by atoms with Crippen LogP contribution >= 0.6 is 11.6 Å². The van der Waals surface area contributed by atoms with Gasteiger partial charge in [-0.05, 0) is 24.3 Å². The minimum Gasteiger partial charge on any atom is -0.309 e. The highest BCUT2D eigenvalue weighted by molar-refractivity contribution is 6.18. The number of hydrogen-bond acceptors (Lipinski definition) is 3. The summed E-state index contributed by atoms with van der Waals surface area (Å²) in [5.41, 5.74) is 0.205. The molecule has 3 nitrogen and oxygen atoms in total. The van der Waals surface area contributed by atoms with Crippen molar-refractivity contribution in [3.05, 3.63) is 24.3 Å². The molecule has 4 heteroatoms. The molecule has 1 N–H and O–H groups in total. The van der Waals surface area contributed by atoms with Gasteiger partial charge in [-0.25, -0.2) is 9.97 Å². The van der Waals surface area contributed by atoms with Gasteiger partial charge in [-0.2, -0.15) is 0 Å². The monoisotopic (exact) mass is 241 g/mol. The first kappa shape index (κ1) is 13.4. The summed E-state index contributed by atoms with van der Waals surface area (Å²) in [7, 11) is 0. The molecule has 0 spiro atoms. The van der Waals surface area contributed by atoms with Crippen molar-refractivity contribution in [2.24, 2.45) is 5.41 Å². The van der Waals surface area contributed by atoms with Gasteiger partial charge >= 0.3 is 0 Å². The van der Waals surface area contributed by atoms with Crippen LogP contribution in [0.4, 0.5) is 0 Å². The quantitative estimate of drug-likeness (QED) is 0.746. The fourth-order valence-corrected chi connectivity index (χ4v) is 2.07. The fraction of sp³-hybridized carbons (Fsp3) is 0.667. The van der Waals surface area contributed by atoms with E-state index >= 15 is 0 Å². The Morgan fingerprint density at radius 2 is 1.88 bits per heavy atom. The van der Waals surface area contributed by atoms with Gasteiger partial charge in [-0.1, -0.05) is 13.8 Å². The molecule has 90 valence electrons. The molecular weight excluding hydrogens is 222 g/mol. The van der Waals surface area contributed by atoms with Gasteiger partial charge in [0.15, 0.2) is 0 Å². The van der Waals surface area contributed by atoms with Gasteiger partial charge in [0, 0.05) is 24.8 Å². The highest BCUT2D eigenvalue weighted by atomic mass is 35.5. The topological polar surface area (TPSA) is 37.8 Å². The van der Waals surface area contributed by atoms with Crippen LogP contribution in [0.1, 0.15) is 32.5 Å². The Labute approximate surface area is 103 Å². The molecule has 1 aromatic heterocycles. The molecule has 0 aliphatic carbocycles. The zero-order valence-corrected chi connectivity index (χ0v) is 10.8. The molecule has 16 heavy (non-hydrogen) atoms. The predicted octanol–water partition coefficient (Wildman–Crippen LogP) is 2.61. The minimum absolute atomic E-state index is 0.205. The van der Waals surface area contributed by atoms with Crippen molar-refractivity contribution in [1.29, 1.82) is 0 Å². The molecule has 0 aliphatic heterocycles. The first-order valence-electron chi connectivity index (χ1n) is 5.79. The van der Waals surface area contributed by atoms with Crippen LogP contribution in [0.5, 0.6) is 0 Å². The third-order valence-corrected chi connectivity index (χ3v) is 3.75. The molecule has 0 saturated carbocycles. The average Bonchev–Trinajstić information content (AvgIpc) is 2.37. The van der Waals surface area contributed by atoms with Gasteiger partial charge in [0.05, 0.1) is 6.54 Å². The predicted molar refractivity (Wildman–Crippen MR) is 67.5 cm³/mol. The largest absolute Gasteiger partial charge is 0.309 e. The van der Waals surface area contributed by atoms with E-state index in [1.807, 2.05) is 6.07 Å². The Morgan fingerprint density at radius 1 is 1.25 bits per heavy atom. The Morgan fingerprint density at radius 3 is 2.38 bits per heavy atom. The van der Waals surface area contributed by atoms with E-state index in [9.17, 15) is 0 Å². The Bertz CT molecular complexity index is 277. The van der Waals surface area contributed by atoms with E-state index in [2.05, 4.69) is 29.1 Å². The van der Waals surface area contributed by atoms with Crippen LogP contribution in [-0.2, 0) is 6.54 Å². The van der Waals surface area contributed by atoms with Gasteiger partial charge in [0.1, 0.15) is 5.82 Å². The van der Waals surface area contributed by atoms with Gasteiger partial charge in [-0.3, -0.25) is 0 Å². The van der Waals surface area contributed by atoms with Crippen molar-refractivity contribution in [3.8, 4) is 0 Å². The molecule has 0 bridgehead atoms. The standard InChI is InChI=1S/C12H20ClN3/c1-3-12(4-2,9-13)10-14-8-11-15-6-5-7-16-11/h5-7,14H,3-4,8-10H2,1-2H3. The van der Waals surface area contributed by atoms with Crippen LogP contribution < -0.4 is 5.32 Å². The van der Waals surface area contributed by atoms with Crippen LogP contribution in [0.15, 0.2) is 18.5 Å². The van der Waals surface area contributed by atoms with E-state index in [1.54, 1.807) is 12.4 Å². The average molecular weight is 242 g/mol. The molecule has 0 amide bonds. The van der Waals surface area contributed by atoms with E-state index in [0.717, 1.165) is 25.2 Å². The summed E-state index contributed by atoms with van der Waals surface area (Å²) in [5, 5.41) is 3.39. The van der Waals surface area contributed by atoms with Crippen LogP contribution in [0.2, 0.25) is 0 Å². The lowest BCUT2D eigenvalue weighted by molar-refractivity contribution is 0.285. The number of aromatic nitrogens is 2. The van der Waals surface area contributed by atoms with Crippen LogP contribution in [0, 0.1) is 5.41 Å². The van der Waals surface area contributed by atoms with Gasteiger partial charge in [0.25, 0.3) is 0 Å². The summed E-state index contributed by atoms with van der Waals surface area (Å²) >= 11 is 6.04. The summed E-state index contributed by atoms with van der Waals surface area (Å²) in [6.07, 6.45) is 5.71. The zero-order chi connectivity index (χ0) is 11.9. The normalized spacial score (nSPS) is 11.7. The Hall–Kier alpha value is -0.670. The molecule has 1 rings (SSSR count). The summed E-state index contributed by atoms with van der Waals surface area (Å²) in [6.45, 7) is 6.00. The number of halogens is 1. The van der Waals surface area contributed by atoms with Gasteiger partial charge in [0.2, 0.25) is 0 Å². The first-order chi connectivity index (χ1) is 7.76. The molecule has 0 unspecified atom stereocenters. The molecular formula is C12H20ClN3. The summed E-state index contributed by atoms with van der Waals surface area (Å²) < 4.78 is 0. The smallest absolute Gasteiger partial charge is 0.141 e. The lowest BCUT2D eigenvalue weighted by Crippen LogP contribution is -2.35. The highest BCUT2D eigenvalue weighted by Gasteiger charge is 2.24. The molecule has 0 aromatic carbocycles. The molecule has 0 fully saturated rings. The third kappa shape index (κ3) is 3.72. The maximum atomic E-state index is 6.04. The van der Waals surface area contributed by atoms with Crippen molar-refractivity contribution in [2.75, 3.05) is 12.4 Å². The molecule has 0 radical (unpaired) electrons. The van der Waals surface area contributed by atoms with E-state index in [0.29, 0.717) is 12.4 Å². The minimum atomic E-state index is 0.205. The lowest BCUT2D eigenvalue weighted by atomic mass is 9.84. The van der Waals surface area contributed by atoms with E-state index in [1.165, 1.54) is 0 Å². The maximum Gasteiger partial charge on any atom is 0.141 e. The van der Waals surface area contributed by atoms with Gasteiger partial charge in [-0.15, -0.1) is 11.6 Å². The summed E-state index contributed by atoms with van der Waals surface area (Å²) in [5.74, 6) is 1.53. The first-order valence-corrected chi connectivity index (χ1v) is 6.32. The second-order valence-corrected chi connectivity index (χ2v) is 4.38. The van der Waals surface area contributed by atoms with Crippen molar-refractivity contribution in [1.82, 2.24) is 15.3 Å². The number of nitrogens with zero attached hydrogens (tertiary/aromatic N) is 2. The van der Waals surface area contributed by atoms with Crippen LogP contribution in [0.3, 0.4) is 0 Å². The van der Waals surface area contributed by atoms with Crippen molar-refractivity contribution >= 4 is 11.6 Å². The summed E-state index contributed by atoms with van der Waals surface area (Å²) in [4.78, 5) is 8.34. The second-order valence-electron chi connectivity index (χ2n) is 4.11. The van der Waals surface area contributed by atoms with E-state index in [4.69, 9.17) is 11.6 Å². The van der Waals surface area contributed by atoms with Crippen molar-refractivity contribution < 1.29 is 0 Å². The molecule has 1 aromatic rings. The number of alkyl halides is 1. The molecule has 1 heterocycles. The van der Waals surface area contributed by atoms with E-state index in [-0.39, 0.29) is 5.41 Å². The lowest BCUT2D eigenvalue weighted by Gasteiger charge is -2.29. The van der Waals surface area contributed by atoms with Crippen LogP contribution in [0.25, 0.3) is 0 Å². The SMILES string of the molecule is CCC(CC)(CCl)CNCc1ncccn1. The molecule has 0 aliphatic rings. The second kappa shape index (κ2) is 6.81. The summed E-state index contributed by atoms with van der Waals surface area (Å²) in [6, 6.07) is 1.82. The van der Waals surface area contributed by atoms with E-state index < -0.39 is 0 Å². The number of nitrogens with one attached hydrogen (secondary N) is 1. The Kier molecular flexibility index (Phi) is 5.71. The molecule has 0 saturated heterocycles. The van der Waals surface area contributed by atoms with Crippen LogP contribution in [-0.4, -0.2) is 22.4 Å². The van der Waals surface area contributed by atoms with Gasteiger partial charge < -0.3 is 5.32 Å². The van der Waals surface area contributed by atoms with Crippen molar-refractivity contribution in [3.63, 3.8) is 0 Å². The number of hydrogen-bond donors (Lipinski definition) is 1.